The summed E-state index contributed by atoms with van der Waals surface area (Å²) in [5, 5.41) is 17.9. The van der Waals surface area contributed by atoms with Crippen molar-refractivity contribution in [2.45, 2.75) is 26.1 Å². The third-order valence-electron chi connectivity index (χ3n) is 3.97. The Hall–Kier alpha value is -2.43. The Bertz CT molecular complexity index is 767. The van der Waals surface area contributed by atoms with Crippen LogP contribution in [0.5, 0.6) is 0 Å². The lowest BCUT2D eigenvalue weighted by atomic mass is 10.1. The van der Waals surface area contributed by atoms with Crippen molar-refractivity contribution in [3.8, 4) is 0 Å². The zero-order valence-electron chi connectivity index (χ0n) is 13.9. The average Bonchev–Trinajstić information content (AvgIpc) is 3.03. The number of benzene rings is 2. The first-order chi connectivity index (χ1) is 11.7. The molecule has 3 aromatic rings. The van der Waals surface area contributed by atoms with Crippen molar-refractivity contribution in [1.82, 2.24) is 15.1 Å². The van der Waals surface area contributed by atoms with Gasteiger partial charge in [-0.1, -0.05) is 60.2 Å². The van der Waals surface area contributed by atoms with Crippen LogP contribution in [0.3, 0.4) is 0 Å². The maximum atomic E-state index is 10.2. The number of aromatic nitrogens is 2. The molecule has 0 aliphatic heterocycles. The number of aliphatic hydroxyl groups excluding tert-OH is 1. The Kier molecular flexibility index (Phi) is 5.41. The molecule has 0 aliphatic carbocycles. The molecule has 24 heavy (non-hydrogen) atoms. The summed E-state index contributed by atoms with van der Waals surface area (Å²) >= 11 is 0. The summed E-state index contributed by atoms with van der Waals surface area (Å²) in [6.45, 7) is 4.02. The third kappa shape index (κ3) is 4.54. The molecule has 0 radical (unpaired) electrons. The highest BCUT2D eigenvalue weighted by Gasteiger charge is 2.07. The minimum absolute atomic E-state index is 0.496. The molecule has 0 bridgehead atoms. The standard InChI is InChI=1S/C20H23N3O/c1-16-6-5-9-19(10-16)20(24)13-21-11-18-12-22-23(15-18)14-17-7-3-2-4-8-17/h2-10,12,15,20-21,24H,11,13-14H2,1H3. The molecule has 1 unspecified atom stereocenters. The lowest BCUT2D eigenvalue weighted by Gasteiger charge is -2.12. The first-order valence-electron chi connectivity index (χ1n) is 8.21. The van der Waals surface area contributed by atoms with E-state index in [1.165, 1.54) is 5.56 Å². The fourth-order valence-electron chi connectivity index (χ4n) is 2.70. The largest absolute Gasteiger partial charge is 0.387 e. The second-order valence-electron chi connectivity index (χ2n) is 6.09. The van der Waals surface area contributed by atoms with Gasteiger partial charge in [-0.15, -0.1) is 0 Å². The van der Waals surface area contributed by atoms with Gasteiger partial charge in [-0.2, -0.15) is 5.10 Å². The van der Waals surface area contributed by atoms with Gasteiger partial charge in [0.2, 0.25) is 0 Å². The van der Waals surface area contributed by atoms with Gasteiger partial charge in [0.1, 0.15) is 0 Å². The number of hydrogen-bond donors (Lipinski definition) is 2. The second-order valence-corrected chi connectivity index (χ2v) is 6.09. The molecule has 1 aromatic heterocycles. The highest BCUT2D eigenvalue weighted by molar-refractivity contribution is 5.24. The number of aliphatic hydroxyl groups is 1. The Morgan fingerprint density at radius 1 is 1.08 bits per heavy atom. The van der Waals surface area contributed by atoms with Crippen molar-refractivity contribution in [3.63, 3.8) is 0 Å². The molecule has 0 aliphatic rings. The summed E-state index contributed by atoms with van der Waals surface area (Å²) in [7, 11) is 0. The lowest BCUT2D eigenvalue weighted by Crippen LogP contribution is -2.20. The number of nitrogens with one attached hydrogen (secondary N) is 1. The summed E-state index contributed by atoms with van der Waals surface area (Å²) in [5.74, 6) is 0. The molecule has 0 spiro atoms. The zero-order chi connectivity index (χ0) is 16.8. The Labute approximate surface area is 142 Å². The van der Waals surface area contributed by atoms with Gasteiger partial charge in [-0.3, -0.25) is 4.68 Å². The van der Waals surface area contributed by atoms with Crippen LogP contribution in [0.2, 0.25) is 0 Å². The van der Waals surface area contributed by atoms with Crippen LogP contribution in [0.4, 0.5) is 0 Å². The topological polar surface area (TPSA) is 50.1 Å². The van der Waals surface area contributed by atoms with Gasteiger partial charge in [-0.05, 0) is 18.1 Å². The minimum atomic E-state index is -0.496. The predicted octanol–water partition coefficient (Wildman–Crippen LogP) is 3.06. The van der Waals surface area contributed by atoms with Crippen LogP contribution < -0.4 is 5.32 Å². The van der Waals surface area contributed by atoms with E-state index in [1.54, 1.807) is 0 Å². The number of rotatable bonds is 7. The van der Waals surface area contributed by atoms with Crippen LogP contribution in [0.15, 0.2) is 67.0 Å². The SMILES string of the molecule is Cc1cccc(C(O)CNCc2cnn(Cc3ccccc3)c2)c1. The van der Waals surface area contributed by atoms with E-state index < -0.39 is 6.10 Å². The first-order valence-corrected chi connectivity index (χ1v) is 8.21. The molecule has 0 saturated heterocycles. The van der Waals surface area contributed by atoms with E-state index in [9.17, 15) is 5.11 Å². The summed E-state index contributed by atoms with van der Waals surface area (Å²) < 4.78 is 1.93. The predicted molar refractivity (Wildman–Crippen MR) is 95.6 cm³/mol. The van der Waals surface area contributed by atoms with E-state index in [0.717, 1.165) is 23.2 Å². The quantitative estimate of drug-likeness (QED) is 0.703. The van der Waals surface area contributed by atoms with Crippen LogP contribution in [-0.4, -0.2) is 21.4 Å². The van der Waals surface area contributed by atoms with Crippen molar-refractivity contribution in [2.75, 3.05) is 6.54 Å². The fraction of sp³-hybridized carbons (Fsp3) is 0.250. The smallest absolute Gasteiger partial charge is 0.0914 e. The number of aryl methyl sites for hydroxylation is 1. The third-order valence-corrected chi connectivity index (χ3v) is 3.97. The molecule has 0 fully saturated rings. The Morgan fingerprint density at radius 2 is 1.92 bits per heavy atom. The number of nitrogens with zero attached hydrogens (tertiary/aromatic N) is 2. The fourth-order valence-corrected chi connectivity index (χ4v) is 2.70. The van der Waals surface area contributed by atoms with E-state index >= 15 is 0 Å². The molecule has 4 heteroatoms. The number of hydrogen-bond acceptors (Lipinski definition) is 3. The molecule has 124 valence electrons. The van der Waals surface area contributed by atoms with Gasteiger partial charge in [0.25, 0.3) is 0 Å². The van der Waals surface area contributed by atoms with E-state index in [1.807, 2.05) is 66.5 Å². The van der Waals surface area contributed by atoms with Crippen LogP contribution in [0.25, 0.3) is 0 Å². The zero-order valence-corrected chi connectivity index (χ0v) is 13.9. The Balaban J connectivity index is 1.49. The van der Waals surface area contributed by atoms with Crippen LogP contribution in [0.1, 0.15) is 28.4 Å². The maximum Gasteiger partial charge on any atom is 0.0914 e. The van der Waals surface area contributed by atoms with Crippen molar-refractivity contribution in [2.24, 2.45) is 0 Å². The molecule has 1 atom stereocenters. The highest BCUT2D eigenvalue weighted by Crippen LogP contribution is 2.13. The van der Waals surface area contributed by atoms with E-state index in [2.05, 4.69) is 22.5 Å². The monoisotopic (exact) mass is 321 g/mol. The molecule has 1 heterocycles. The van der Waals surface area contributed by atoms with Crippen molar-refractivity contribution in [1.29, 1.82) is 0 Å². The van der Waals surface area contributed by atoms with Crippen molar-refractivity contribution >= 4 is 0 Å². The van der Waals surface area contributed by atoms with Crippen LogP contribution in [-0.2, 0) is 13.1 Å². The molecule has 4 nitrogen and oxygen atoms in total. The molecule has 0 saturated carbocycles. The van der Waals surface area contributed by atoms with Crippen molar-refractivity contribution in [3.05, 3.63) is 89.2 Å². The second kappa shape index (κ2) is 7.90. The molecular formula is C20H23N3O. The Morgan fingerprint density at radius 3 is 2.71 bits per heavy atom. The van der Waals surface area contributed by atoms with Gasteiger partial charge in [-0.25, -0.2) is 0 Å². The highest BCUT2D eigenvalue weighted by atomic mass is 16.3. The first kappa shape index (κ1) is 16.4. The van der Waals surface area contributed by atoms with Crippen LogP contribution >= 0.6 is 0 Å². The van der Waals surface area contributed by atoms with Crippen LogP contribution in [0, 0.1) is 6.92 Å². The molecule has 2 aromatic carbocycles. The van der Waals surface area contributed by atoms with Gasteiger partial charge < -0.3 is 10.4 Å². The minimum Gasteiger partial charge on any atom is -0.387 e. The van der Waals surface area contributed by atoms with Gasteiger partial charge in [0, 0.05) is 24.8 Å². The molecular weight excluding hydrogens is 298 g/mol. The summed E-state index contributed by atoms with van der Waals surface area (Å²) in [6, 6.07) is 18.3. The van der Waals surface area contributed by atoms with E-state index in [4.69, 9.17) is 0 Å². The lowest BCUT2D eigenvalue weighted by molar-refractivity contribution is 0.174. The summed E-state index contributed by atoms with van der Waals surface area (Å²) in [5.41, 5.74) is 4.45. The molecule has 3 rings (SSSR count). The summed E-state index contributed by atoms with van der Waals surface area (Å²) in [4.78, 5) is 0. The maximum absolute atomic E-state index is 10.2. The normalized spacial score (nSPS) is 12.2. The van der Waals surface area contributed by atoms with E-state index in [0.29, 0.717) is 13.1 Å². The van der Waals surface area contributed by atoms with Gasteiger partial charge in [0.05, 0.1) is 18.8 Å². The van der Waals surface area contributed by atoms with Crippen molar-refractivity contribution < 1.29 is 5.11 Å². The average molecular weight is 321 g/mol. The molecule has 0 amide bonds. The summed E-state index contributed by atoms with van der Waals surface area (Å²) in [6.07, 6.45) is 3.41. The van der Waals surface area contributed by atoms with Gasteiger partial charge >= 0.3 is 0 Å². The molecule has 2 N–H and O–H groups in total. The van der Waals surface area contributed by atoms with Gasteiger partial charge in [0.15, 0.2) is 0 Å². The van der Waals surface area contributed by atoms with E-state index in [-0.39, 0.29) is 0 Å².